The molecule has 0 saturated carbocycles. The van der Waals surface area contributed by atoms with E-state index in [9.17, 15) is 24.3 Å². The van der Waals surface area contributed by atoms with E-state index >= 15 is 0 Å². The Morgan fingerprint density at radius 2 is 2.08 bits per heavy atom. The number of carboxylic acids is 2. The van der Waals surface area contributed by atoms with Gasteiger partial charge in [0.05, 0.1) is 6.42 Å². The van der Waals surface area contributed by atoms with E-state index in [2.05, 4.69) is 19.8 Å². The number of nitrogens with one attached hydrogen (secondary N) is 1. The average Bonchev–Trinajstić information content (AvgIpc) is 3.31. The molecule has 4 heterocycles. The number of hydrogen-bond acceptors (Lipinski definition) is 11. The first kappa shape index (κ1) is 26.7. The van der Waals surface area contributed by atoms with Crippen molar-refractivity contribution in [3.63, 3.8) is 0 Å². The molecular formula is C22H22N7O7S2+. The lowest BCUT2D eigenvalue weighted by Gasteiger charge is -2.49. The summed E-state index contributed by atoms with van der Waals surface area (Å²) in [5.74, 6) is -3.28. The predicted octanol–water partition coefficient (Wildman–Crippen LogP) is -0.620. The number of aromatic nitrogens is 3. The fourth-order valence-corrected chi connectivity index (χ4v) is 5.56. The van der Waals surface area contributed by atoms with Crippen molar-refractivity contribution in [3.05, 3.63) is 59.3 Å². The maximum Gasteiger partial charge on any atom is 0.352 e. The lowest BCUT2D eigenvalue weighted by atomic mass is 10.0. The molecule has 1 saturated heterocycles. The number of nitrogen functional groups attached to an aromatic ring is 1. The van der Waals surface area contributed by atoms with Crippen molar-refractivity contribution in [1.82, 2.24) is 19.6 Å². The number of anilines is 1. The Balaban J connectivity index is 1.45. The summed E-state index contributed by atoms with van der Waals surface area (Å²) in [6, 6.07) is 2.41. The van der Waals surface area contributed by atoms with Crippen LogP contribution in [0.3, 0.4) is 0 Å². The summed E-state index contributed by atoms with van der Waals surface area (Å²) >= 11 is 2.18. The highest BCUT2D eigenvalue weighted by Crippen LogP contribution is 2.40. The molecule has 4 rings (SSSR count). The Labute approximate surface area is 223 Å². The SMILES string of the molecule is CON=C(C(=O)NC1C(=O)N2C(C(=O)O)=C(C=CC[n+]3ccc(CC(=O)O)cc3)CS[C@H]12)c1nsc(N)n1. The fraction of sp³-hybridized carbons (Fsp3) is 0.273. The molecule has 2 amide bonds. The number of allylic oxidation sites excluding steroid dienone is 2. The number of carbonyl (C=O) groups is 4. The number of oxime groups is 1. The molecule has 2 aromatic rings. The van der Waals surface area contributed by atoms with E-state index in [1.54, 1.807) is 41.2 Å². The summed E-state index contributed by atoms with van der Waals surface area (Å²) in [6.45, 7) is 0.404. The van der Waals surface area contributed by atoms with Gasteiger partial charge in [-0.15, -0.1) is 11.8 Å². The lowest BCUT2D eigenvalue weighted by Crippen LogP contribution is -2.71. The summed E-state index contributed by atoms with van der Waals surface area (Å²) in [7, 11) is 1.24. The minimum atomic E-state index is -1.26. The number of carbonyl (C=O) groups excluding carboxylic acids is 2. The number of amides is 2. The van der Waals surface area contributed by atoms with Crippen LogP contribution < -0.4 is 15.6 Å². The van der Waals surface area contributed by atoms with Crippen LogP contribution in [0.5, 0.6) is 0 Å². The molecule has 0 spiro atoms. The first-order valence-electron chi connectivity index (χ1n) is 11.0. The average molecular weight is 561 g/mol. The van der Waals surface area contributed by atoms with Crippen LogP contribution in [0.2, 0.25) is 0 Å². The largest absolute Gasteiger partial charge is 0.481 e. The first-order valence-corrected chi connectivity index (χ1v) is 12.8. The number of aliphatic carboxylic acids is 2. The third kappa shape index (κ3) is 5.65. The third-order valence-corrected chi connectivity index (χ3v) is 7.33. The van der Waals surface area contributed by atoms with Gasteiger partial charge in [-0.25, -0.2) is 9.36 Å². The van der Waals surface area contributed by atoms with Gasteiger partial charge in [0, 0.05) is 29.4 Å². The predicted molar refractivity (Wildman–Crippen MR) is 135 cm³/mol. The Morgan fingerprint density at radius 3 is 2.68 bits per heavy atom. The number of hydrogen-bond donors (Lipinski definition) is 4. The second-order valence-electron chi connectivity index (χ2n) is 7.99. The second kappa shape index (κ2) is 11.4. The zero-order chi connectivity index (χ0) is 27.4. The highest BCUT2D eigenvalue weighted by atomic mass is 32.2. The van der Waals surface area contributed by atoms with Crippen molar-refractivity contribution in [2.45, 2.75) is 24.4 Å². The van der Waals surface area contributed by atoms with E-state index in [1.165, 1.54) is 18.9 Å². The van der Waals surface area contributed by atoms with Crippen LogP contribution in [0, 0.1) is 0 Å². The Hall–Kier alpha value is -4.31. The topological polar surface area (TPSA) is 201 Å². The number of β-lactam (4-membered cyclic amide) rings is 1. The molecule has 0 bridgehead atoms. The molecule has 0 aromatic carbocycles. The van der Waals surface area contributed by atoms with E-state index in [4.69, 9.17) is 15.7 Å². The molecule has 0 aliphatic carbocycles. The number of nitrogens with two attached hydrogens (primary N) is 1. The number of nitrogens with zero attached hydrogens (tertiary/aromatic N) is 5. The Morgan fingerprint density at radius 1 is 1.34 bits per heavy atom. The summed E-state index contributed by atoms with van der Waals surface area (Å²) in [6.07, 6.45) is 6.77. The van der Waals surface area contributed by atoms with Crippen LogP contribution in [-0.4, -0.2) is 78.2 Å². The van der Waals surface area contributed by atoms with Gasteiger partial charge in [0.1, 0.15) is 24.2 Å². The van der Waals surface area contributed by atoms with E-state index in [0.29, 0.717) is 23.4 Å². The zero-order valence-electron chi connectivity index (χ0n) is 19.8. The summed E-state index contributed by atoms with van der Waals surface area (Å²) in [5, 5.41) is 24.4. The first-order chi connectivity index (χ1) is 18.2. The highest BCUT2D eigenvalue weighted by molar-refractivity contribution is 8.00. The fourth-order valence-electron chi connectivity index (χ4n) is 3.81. The molecule has 5 N–H and O–H groups in total. The maximum atomic E-state index is 12.9. The van der Waals surface area contributed by atoms with Crippen molar-refractivity contribution in [3.8, 4) is 0 Å². The number of fused-ring (bicyclic) bond motifs is 1. The van der Waals surface area contributed by atoms with Crippen molar-refractivity contribution in [1.29, 1.82) is 0 Å². The van der Waals surface area contributed by atoms with Gasteiger partial charge >= 0.3 is 11.9 Å². The molecule has 1 unspecified atom stereocenters. The van der Waals surface area contributed by atoms with Crippen LogP contribution in [0.25, 0.3) is 0 Å². The van der Waals surface area contributed by atoms with E-state index < -0.39 is 35.2 Å². The molecule has 16 heteroatoms. The van der Waals surface area contributed by atoms with Crippen LogP contribution in [-0.2, 0) is 37.0 Å². The van der Waals surface area contributed by atoms with Crippen molar-refractivity contribution in [2.75, 3.05) is 18.6 Å². The molecular weight excluding hydrogens is 538 g/mol. The van der Waals surface area contributed by atoms with Crippen molar-refractivity contribution in [2.24, 2.45) is 5.16 Å². The monoisotopic (exact) mass is 560 g/mol. The summed E-state index contributed by atoms with van der Waals surface area (Å²) in [5.41, 5.74) is 6.27. The number of pyridine rings is 1. The molecule has 14 nitrogen and oxygen atoms in total. The number of thioether (sulfide) groups is 1. The van der Waals surface area contributed by atoms with Crippen molar-refractivity contribution < 1.29 is 38.8 Å². The number of carboxylic acid groups (broad SMARTS) is 2. The molecule has 38 heavy (non-hydrogen) atoms. The van der Waals surface area contributed by atoms with Gasteiger partial charge in [0.2, 0.25) is 11.5 Å². The van der Waals surface area contributed by atoms with Crippen LogP contribution in [0.15, 0.2) is 53.1 Å². The van der Waals surface area contributed by atoms with Crippen LogP contribution in [0.4, 0.5) is 5.13 Å². The summed E-state index contributed by atoms with van der Waals surface area (Å²) < 4.78 is 5.73. The van der Waals surface area contributed by atoms with Gasteiger partial charge in [0.25, 0.3) is 11.8 Å². The minimum absolute atomic E-state index is 0.0558. The molecule has 2 aliphatic rings. The Kier molecular flexibility index (Phi) is 8.02. The molecule has 198 valence electrons. The molecule has 1 fully saturated rings. The normalized spacial score (nSPS) is 19.2. The lowest BCUT2D eigenvalue weighted by molar-refractivity contribution is -0.687. The summed E-state index contributed by atoms with van der Waals surface area (Å²) in [4.78, 5) is 58.4. The van der Waals surface area contributed by atoms with E-state index in [-0.39, 0.29) is 28.8 Å². The minimum Gasteiger partial charge on any atom is -0.481 e. The number of rotatable bonds is 10. The van der Waals surface area contributed by atoms with Crippen molar-refractivity contribution >= 4 is 57.9 Å². The van der Waals surface area contributed by atoms with Gasteiger partial charge < -0.3 is 26.1 Å². The maximum absolute atomic E-state index is 12.9. The van der Waals surface area contributed by atoms with Gasteiger partial charge in [-0.2, -0.15) is 9.36 Å². The molecule has 2 aliphatic heterocycles. The van der Waals surface area contributed by atoms with Crippen LogP contribution >= 0.6 is 23.3 Å². The van der Waals surface area contributed by atoms with Gasteiger partial charge in [-0.1, -0.05) is 11.2 Å². The molecule has 2 aromatic heterocycles. The van der Waals surface area contributed by atoms with E-state index in [0.717, 1.165) is 16.4 Å². The quantitative estimate of drug-likeness (QED) is 0.125. The highest BCUT2D eigenvalue weighted by Gasteiger charge is 2.54. The Bertz CT molecular complexity index is 1370. The second-order valence-corrected chi connectivity index (χ2v) is 9.88. The zero-order valence-corrected chi connectivity index (χ0v) is 21.4. The standard InChI is InChI=1S/C22H21N7O7S2/c1-36-26-14(17-25-22(23)38-27-17)18(32)24-15-19(33)29-16(21(34)35)12(10-37-20(15)29)3-2-6-28-7-4-11(5-8-28)9-13(30)31/h2-5,7-8,15,20H,6,9-10H2,1H3,(H4-,23,24,25,27,30,31,32,34,35)/p+1/t15?,20-/m1/s1. The molecule has 0 radical (unpaired) electrons. The van der Waals surface area contributed by atoms with Crippen LogP contribution in [0.1, 0.15) is 11.4 Å². The smallest absolute Gasteiger partial charge is 0.352 e. The third-order valence-electron chi connectivity index (χ3n) is 5.49. The van der Waals surface area contributed by atoms with Gasteiger partial charge in [-0.05, 0) is 17.2 Å². The van der Waals surface area contributed by atoms with E-state index in [1.807, 2.05) is 0 Å². The van der Waals surface area contributed by atoms with Gasteiger partial charge in [-0.3, -0.25) is 19.3 Å². The molecule has 2 atom stereocenters. The van der Waals surface area contributed by atoms with Gasteiger partial charge in [0.15, 0.2) is 24.1 Å².